The summed E-state index contributed by atoms with van der Waals surface area (Å²) in [5.74, 6) is -0.315. The molecular weight excluding hydrogens is 306 g/mol. The van der Waals surface area contributed by atoms with E-state index in [0.29, 0.717) is 25.1 Å². The van der Waals surface area contributed by atoms with Crippen LogP contribution < -0.4 is 0 Å². The van der Waals surface area contributed by atoms with E-state index >= 15 is 0 Å². The zero-order valence-corrected chi connectivity index (χ0v) is 14.8. The fourth-order valence-electron chi connectivity index (χ4n) is 2.52. The van der Waals surface area contributed by atoms with Crippen molar-refractivity contribution in [2.24, 2.45) is 0 Å². The average Bonchev–Trinajstić information content (AvgIpc) is 2.47. The number of hydrogen-bond acceptors (Lipinski definition) is 4. The molecule has 0 radical (unpaired) electrons. The van der Waals surface area contributed by atoms with Gasteiger partial charge in [0.15, 0.2) is 0 Å². The van der Waals surface area contributed by atoms with Gasteiger partial charge in [-0.1, -0.05) is 30.3 Å². The van der Waals surface area contributed by atoms with Gasteiger partial charge >= 0.3 is 12.1 Å². The SMILES string of the molecule is COC(=O)C(CCc1ccccc1)=C1CN(C(=O)OC(C)(C)C)C1. The van der Waals surface area contributed by atoms with Crippen LogP contribution in [0.5, 0.6) is 0 Å². The van der Waals surface area contributed by atoms with Gasteiger partial charge in [-0.3, -0.25) is 0 Å². The van der Waals surface area contributed by atoms with E-state index in [2.05, 4.69) is 0 Å². The average molecular weight is 331 g/mol. The number of ether oxygens (including phenoxy) is 2. The molecule has 130 valence electrons. The first-order valence-corrected chi connectivity index (χ1v) is 8.11. The molecule has 5 nitrogen and oxygen atoms in total. The maximum Gasteiger partial charge on any atom is 0.410 e. The number of rotatable bonds is 4. The number of aryl methyl sites for hydroxylation is 1. The van der Waals surface area contributed by atoms with Crippen LogP contribution in [0.25, 0.3) is 0 Å². The Bertz CT molecular complexity index is 621. The van der Waals surface area contributed by atoms with Crippen LogP contribution in [-0.2, 0) is 20.7 Å². The van der Waals surface area contributed by atoms with Crippen LogP contribution in [0.1, 0.15) is 32.8 Å². The van der Waals surface area contributed by atoms with Gasteiger partial charge in [0.25, 0.3) is 0 Å². The summed E-state index contributed by atoms with van der Waals surface area (Å²) in [4.78, 5) is 25.6. The minimum Gasteiger partial charge on any atom is -0.466 e. The molecule has 1 heterocycles. The molecule has 0 aliphatic carbocycles. The number of amides is 1. The molecule has 1 aromatic carbocycles. The maximum atomic E-state index is 12.1. The van der Waals surface area contributed by atoms with Crippen molar-refractivity contribution in [1.82, 2.24) is 4.90 Å². The molecule has 1 amide bonds. The van der Waals surface area contributed by atoms with Crippen LogP contribution in [0.4, 0.5) is 4.79 Å². The monoisotopic (exact) mass is 331 g/mol. The zero-order chi connectivity index (χ0) is 17.7. The fourth-order valence-corrected chi connectivity index (χ4v) is 2.52. The van der Waals surface area contributed by atoms with Crippen molar-refractivity contribution in [2.75, 3.05) is 20.2 Å². The van der Waals surface area contributed by atoms with Crippen LogP contribution in [0.15, 0.2) is 41.5 Å². The van der Waals surface area contributed by atoms with Crippen molar-refractivity contribution in [1.29, 1.82) is 0 Å². The Labute approximate surface area is 143 Å². The molecule has 0 unspecified atom stereocenters. The Kier molecular flexibility index (Phi) is 5.65. The first-order valence-electron chi connectivity index (χ1n) is 8.11. The first-order chi connectivity index (χ1) is 11.3. The molecule has 2 rings (SSSR count). The minimum atomic E-state index is -0.519. The van der Waals surface area contributed by atoms with E-state index in [0.717, 1.165) is 12.0 Å². The lowest BCUT2D eigenvalue weighted by Gasteiger charge is -2.36. The van der Waals surface area contributed by atoms with Gasteiger partial charge < -0.3 is 14.4 Å². The van der Waals surface area contributed by atoms with Gasteiger partial charge in [0.05, 0.1) is 7.11 Å². The van der Waals surface area contributed by atoms with Crippen LogP contribution in [0.2, 0.25) is 0 Å². The third kappa shape index (κ3) is 4.85. The number of esters is 1. The molecular formula is C19H25NO4. The molecule has 5 heteroatoms. The molecule has 24 heavy (non-hydrogen) atoms. The number of likely N-dealkylation sites (tertiary alicyclic amines) is 1. The number of benzene rings is 1. The van der Waals surface area contributed by atoms with E-state index < -0.39 is 5.60 Å². The maximum absolute atomic E-state index is 12.1. The summed E-state index contributed by atoms with van der Waals surface area (Å²) in [5, 5.41) is 0. The van der Waals surface area contributed by atoms with Gasteiger partial charge in [0.1, 0.15) is 5.60 Å². The van der Waals surface area contributed by atoms with Crippen molar-refractivity contribution in [3.63, 3.8) is 0 Å². The number of methoxy groups -OCH3 is 1. The van der Waals surface area contributed by atoms with E-state index in [9.17, 15) is 9.59 Å². The van der Waals surface area contributed by atoms with Crippen molar-refractivity contribution in [3.05, 3.63) is 47.0 Å². The highest BCUT2D eigenvalue weighted by atomic mass is 16.6. The van der Waals surface area contributed by atoms with E-state index in [-0.39, 0.29) is 12.1 Å². The number of carbonyl (C=O) groups is 2. The summed E-state index contributed by atoms with van der Waals surface area (Å²) in [7, 11) is 1.38. The molecule has 0 spiro atoms. The Morgan fingerprint density at radius 3 is 2.29 bits per heavy atom. The van der Waals surface area contributed by atoms with Gasteiger partial charge in [-0.05, 0) is 44.7 Å². The normalized spacial score (nSPS) is 14.0. The molecule has 0 aromatic heterocycles. The molecule has 1 aliphatic rings. The molecule has 1 saturated heterocycles. The van der Waals surface area contributed by atoms with Gasteiger partial charge in [-0.25, -0.2) is 9.59 Å². The molecule has 0 atom stereocenters. The van der Waals surface area contributed by atoms with Crippen LogP contribution in [0, 0.1) is 0 Å². The molecule has 1 aliphatic heterocycles. The number of nitrogens with zero attached hydrogens (tertiary/aromatic N) is 1. The third-order valence-electron chi connectivity index (χ3n) is 3.78. The Balaban J connectivity index is 2.00. The predicted octanol–water partition coefficient (Wildman–Crippen LogP) is 3.34. The second-order valence-electron chi connectivity index (χ2n) is 6.90. The summed E-state index contributed by atoms with van der Waals surface area (Å²) in [6, 6.07) is 10.00. The van der Waals surface area contributed by atoms with E-state index in [1.165, 1.54) is 12.7 Å². The van der Waals surface area contributed by atoms with Crippen LogP contribution in [0.3, 0.4) is 0 Å². The van der Waals surface area contributed by atoms with Gasteiger partial charge in [0.2, 0.25) is 0 Å². The van der Waals surface area contributed by atoms with E-state index in [1.54, 1.807) is 4.90 Å². The van der Waals surface area contributed by atoms with Crippen LogP contribution in [-0.4, -0.2) is 42.8 Å². The largest absolute Gasteiger partial charge is 0.466 e. The number of carbonyl (C=O) groups excluding carboxylic acids is 2. The molecule has 0 saturated carbocycles. The van der Waals surface area contributed by atoms with Crippen molar-refractivity contribution < 1.29 is 19.1 Å². The quantitative estimate of drug-likeness (QED) is 0.627. The summed E-state index contributed by atoms with van der Waals surface area (Å²) in [6.45, 7) is 6.35. The summed E-state index contributed by atoms with van der Waals surface area (Å²) in [6.07, 6.45) is 1.02. The summed E-state index contributed by atoms with van der Waals surface area (Å²) >= 11 is 0. The predicted molar refractivity (Wildman–Crippen MR) is 91.6 cm³/mol. The van der Waals surface area contributed by atoms with Crippen molar-refractivity contribution >= 4 is 12.1 Å². The lowest BCUT2D eigenvalue weighted by Crippen LogP contribution is -2.47. The molecule has 1 aromatic rings. The fraction of sp³-hybridized carbons (Fsp3) is 0.474. The second kappa shape index (κ2) is 7.51. The molecule has 0 N–H and O–H groups in total. The Morgan fingerprint density at radius 1 is 1.12 bits per heavy atom. The minimum absolute atomic E-state index is 0.315. The van der Waals surface area contributed by atoms with E-state index in [1.807, 2.05) is 51.1 Å². The highest BCUT2D eigenvalue weighted by Gasteiger charge is 2.33. The lowest BCUT2D eigenvalue weighted by molar-refractivity contribution is -0.136. The molecule has 0 bridgehead atoms. The van der Waals surface area contributed by atoms with Gasteiger partial charge in [-0.15, -0.1) is 0 Å². The van der Waals surface area contributed by atoms with Gasteiger partial charge in [-0.2, -0.15) is 0 Å². The third-order valence-corrected chi connectivity index (χ3v) is 3.78. The number of hydrogen-bond donors (Lipinski definition) is 0. The second-order valence-corrected chi connectivity index (χ2v) is 6.90. The smallest absolute Gasteiger partial charge is 0.410 e. The first kappa shape index (κ1) is 18.0. The van der Waals surface area contributed by atoms with Gasteiger partial charge in [0, 0.05) is 18.7 Å². The van der Waals surface area contributed by atoms with Crippen LogP contribution >= 0.6 is 0 Å². The van der Waals surface area contributed by atoms with Crippen molar-refractivity contribution in [2.45, 2.75) is 39.2 Å². The molecule has 1 fully saturated rings. The Hall–Kier alpha value is -2.30. The zero-order valence-electron chi connectivity index (χ0n) is 14.8. The summed E-state index contributed by atoms with van der Waals surface area (Å²) in [5.41, 5.74) is 2.27. The topological polar surface area (TPSA) is 55.8 Å². The lowest BCUT2D eigenvalue weighted by atomic mass is 9.95. The highest BCUT2D eigenvalue weighted by molar-refractivity contribution is 5.90. The van der Waals surface area contributed by atoms with Crippen molar-refractivity contribution in [3.8, 4) is 0 Å². The summed E-state index contributed by atoms with van der Waals surface area (Å²) < 4.78 is 10.2. The highest BCUT2D eigenvalue weighted by Crippen LogP contribution is 2.25. The van der Waals surface area contributed by atoms with E-state index in [4.69, 9.17) is 9.47 Å². The Morgan fingerprint density at radius 2 is 1.75 bits per heavy atom. The standard InChI is InChI=1S/C19H25NO4/c1-19(2,3)24-18(22)20-12-15(13-20)16(17(21)23-4)11-10-14-8-6-5-7-9-14/h5-9H,10-13H2,1-4H3.